The Bertz CT molecular complexity index is 145. The maximum absolute atomic E-state index is 10.3. The summed E-state index contributed by atoms with van der Waals surface area (Å²) in [6, 6.07) is 0. The number of nitrogens with one attached hydrogen (secondary N) is 2. The van der Waals surface area contributed by atoms with Crippen LogP contribution in [-0.2, 0) is 4.79 Å². The van der Waals surface area contributed by atoms with Crippen LogP contribution < -0.4 is 11.1 Å². The van der Waals surface area contributed by atoms with Crippen LogP contribution in [0.15, 0.2) is 0 Å². The van der Waals surface area contributed by atoms with E-state index in [1.807, 2.05) is 0 Å². The Hall–Kier alpha value is 0.0300. The van der Waals surface area contributed by atoms with Crippen molar-refractivity contribution in [1.29, 1.82) is 5.41 Å². The van der Waals surface area contributed by atoms with Crippen LogP contribution in [0.4, 0.5) is 0 Å². The Kier molecular flexibility index (Phi) is 16.5. The Labute approximate surface area is 88.4 Å². The molecule has 0 saturated heterocycles. The molecule has 0 aromatic heterocycles. The molecule has 0 rings (SSSR count). The molecule has 0 unspecified atom stereocenters. The lowest BCUT2D eigenvalue weighted by molar-refractivity contribution is -0.117. The van der Waals surface area contributed by atoms with Crippen molar-refractivity contribution >= 4 is 47.7 Å². The maximum Gasteiger partial charge on any atom is 0.222 e. The lowest BCUT2D eigenvalue weighted by Crippen LogP contribution is -2.25. The van der Waals surface area contributed by atoms with Gasteiger partial charge in [0.15, 0.2) is 5.17 Å². The first-order valence-electron chi connectivity index (χ1n) is 2.86. The highest BCUT2D eigenvalue weighted by atomic mass is 35.5. The fourth-order valence-corrected chi connectivity index (χ4v) is 0.895. The van der Waals surface area contributed by atoms with E-state index in [-0.39, 0.29) is 35.9 Å². The van der Waals surface area contributed by atoms with Crippen LogP contribution in [0.5, 0.6) is 0 Å². The van der Waals surface area contributed by atoms with E-state index in [0.717, 1.165) is 0 Å². The van der Waals surface area contributed by atoms with Crippen molar-refractivity contribution in [1.82, 2.24) is 5.32 Å². The second kappa shape index (κ2) is 11.0. The van der Waals surface area contributed by atoms with Crippen molar-refractivity contribution in [3.05, 3.63) is 0 Å². The average molecular weight is 234 g/mol. The highest BCUT2D eigenvalue weighted by molar-refractivity contribution is 8.13. The second-order valence-electron chi connectivity index (χ2n) is 1.65. The summed E-state index contributed by atoms with van der Waals surface area (Å²) < 4.78 is 0. The van der Waals surface area contributed by atoms with Crippen molar-refractivity contribution in [2.24, 2.45) is 5.73 Å². The Balaban J connectivity index is -0.000000405. The molecule has 0 aromatic rings. The predicted octanol–water partition coefficient (Wildman–Crippen LogP) is 0.593. The molecule has 0 fully saturated rings. The molecular weight excluding hydrogens is 221 g/mol. The third-order valence-corrected chi connectivity index (χ3v) is 1.48. The van der Waals surface area contributed by atoms with Gasteiger partial charge in [0.1, 0.15) is 0 Å². The number of carbonyl (C=O) groups excluding carboxylic acids is 1. The lowest BCUT2D eigenvalue weighted by atomic mass is 10.7. The highest BCUT2D eigenvalue weighted by Gasteiger charge is 1.96. The van der Waals surface area contributed by atoms with Crippen molar-refractivity contribution in [3.63, 3.8) is 0 Å². The van der Waals surface area contributed by atoms with E-state index in [1.54, 1.807) is 0 Å². The van der Waals surface area contributed by atoms with Gasteiger partial charge in [-0.3, -0.25) is 10.2 Å². The van der Waals surface area contributed by atoms with Gasteiger partial charge in [-0.25, -0.2) is 0 Å². The van der Waals surface area contributed by atoms with E-state index in [2.05, 4.69) is 5.32 Å². The summed E-state index contributed by atoms with van der Waals surface area (Å²) in [7, 11) is 0. The summed E-state index contributed by atoms with van der Waals surface area (Å²) >= 11 is 1.23. The fourth-order valence-electron chi connectivity index (χ4n) is 0.357. The number of nitrogens with two attached hydrogens (primary N) is 1. The van der Waals surface area contributed by atoms with Gasteiger partial charge in [-0.2, -0.15) is 0 Å². The largest absolute Gasteiger partial charge is 0.330 e. The molecule has 0 heterocycles. The second-order valence-corrected chi connectivity index (χ2v) is 2.75. The molecule has 0 radical (unpaired) electrons. The molecule has 1 amide bonds. The fraction of sp³-hybridized carbons (Fsp3) is 0.600. The number of amides is 1. The molecule has 0 aromatic carbocycles. The SMILES string of the molecule is CC(=O)NC(=N)SCCN.Cl.Cl. The Morgan fingerprint density at radius 3 is 2.42 bits per heavy atom. The molecule has 74 valence electrons. The number of halogens is 2. The van der Waals surface area contributed by atoms with E-state index in [4.69, 9.17) is 11.1 Å². The van der Waals surface area contributed by atoms with E-state index >= 15 is 0 Å². The molecule has 0 aliphatic carbocycles. The first-order chi connectivity index (χ1) is 4.66. The summed E-state index contributed by atoms with van der Waals surface area (Å²) in [5.74, 6) is 0.452. The van der Waals surface area contributed by atoms with Crippen molar-refractivity contribution in [3.8, 4) is 0 Å². The number of thioether (sulfide) groups is 1. The van der Waals surface area contributed by atoms with Gasteiger partial charge in [0, 0.05) is 19.2 Å². The molecule has 0 spiro atoms. The third kappa shape index (κ3) is 12.7. The third-order valence-electron chi connectivity index (χ3n) is 0.654. The standard InChI is InChI=1S/C5H11N3OS.2ClH/c1-4(9)8-5(7)10-3-2-6;;/h2-3,6H2,1H3,(H2,7,8,9);2*1H. The molecular formula is C5H13Cl2N3OS. The quantitative estimate of drug-likeness (QED) is 0.483. The number of amidine groups is 1. The summed E-state index contributed by atoms with van der Waals surface area (Å²) in [5, 5.41) is 9.59. The van der Waals surface area contributed by atoms with Gasteiger partial charge in [0.05, 0.1) is 0 Å². The van der Waals surface area contributed by atoms with Crippen LogP contribution in [0.3, 0.4) is 0 Å². The molecule has 0 aliphatic rings. The zero-order valence-electron chi connectivity index (χ0n) is 6.62. The van der Waals surface area contributed by atoms with Crippen molar-refractivity contribution in [2.45, 2.75) is 6.92 Å². The van der Waals surface area contributed by atoms with Gasteiger partial charge in [-0.15, -0.1) is 24.8 Å². The Morgan fingerprint density at radius 1 is 1.58 bits per heavy atom. The van der Waals surface area contributed by atoms with Gasteiger partial charge in [0.2, 0.25) is 5.91 Å². The van der Waals surface area contributed by atoms with Gasteiger partial charge in [-0.05, 0) is 0 Å². The Morgan fingerprint density at radius 2 is 2.08 bits per heavy atom. The molecule has 7 heteroatoms. The minimum Gasteiger partial charge on any atom is -0.330 e. The average Bonchev–Trinajstić information content (AvgIpc) is 1.82. The number of rotatable bonds is 2. The van der Waals surface area contributed by atoms with Crippen LogP contribution in [0.25, 0.3) is 0 Å². The molecule has 4 nitrogen and oxygen atoms in total. The molecule has 0 aliphatic heterocycles. The van der Waals surface area contributed by atoms with Gasteiger partial charge in [0.25, 0.3) is 0 Å². The van der Waals surface area contributed by atoms with Crippen LogP contribution >= 0.6 is 36.6 Å². The normalized spacial score (nSPS) is 7.50. The number of hydrogen-bond donors (Lipinski definition) is 3. The molecule has 0 atom stereocenters. The molecule has 12 heavy (non-hydrogen) atoms. The summed E-state index contributed by atoms with van der Waals surface area (Å²) in [4.78, 5) is 10.3. The zero-order valence-corrected chi connectivity index (χ0v) is 9.07. The lowest BCUT2D eigenvalue weighted by Gasteiger charge is -2.00. The summed E-state index contributed by atoms with van der Waals surface area (Å²) in [6.45, 7) is 1.89. The minimum atomic E-state index is -0.213. The van der Waals surface area contributed by atoms with Gasteiger partial charge >= 0.3 is 0 Å². The maximum atomic E-state index is 10.3. The van der Waals surface area contributed by atoms with E-state index < -0.39 is 0 Å². The monoisotopic (exact) mass is 233 g/mol. The van der Waals surface area contributed by atoms with Crippen LogP contribution in [-0.4, -0.2) is 23.4 Å². The van der Waals surface area contributed by atoms with E-state index in [9.17, 15) is 4.79 Å². The molecule has 0 bridgehead atoms. The van der Waals surface area contributed by atoms with Gasteiger partial charge in [-0.1, -0.05) is 11.8 Å². The first kappa shape index (κ1) is 17.9. The molecule has 0 saturated carbocycles. The summed E-state index contributed by atoms with van der Waals surface area (Å²) in [5.41, 5.74) is 5.18. The van der Waals surface area contributed by atoms with Gasteiger partial charge < -0.3 is 11.1 Å². The highest BCUT2D eigenvalue weighted by Crippen LogP contribution is 1.96. The van der Waals surface area contributed by atoms with Crippen molar-refractivity contribution in [2.75, 3.05) is 12.3 Å². The van der Waals surface area contributed by atoms with Crippen LogP contribution in [0.2, 0.25) is 0 Å². The molecule has 4 N–H and O–H groups in total. The smallest absolute Gasteiger partial charge is 0.222 e. The van der Waals surface area contributed by atoms with Crippen molar-refractivity contribution < 1.29 is 4.79 Å². The zero-order chi connectivity index (χ0) is 7.98. The number of hydrogen-bond acceptors (Lipinski definition) is 4. The minimum absolute atomic E-state index is 0. The number of carbonyl (C=O) groups is 1. The topological polar surface area (TPSA) is 79.0 Å². The van der Waals surface area contributed by atoms with E-state index in [1.165, 1.54) is 18.7 Å². The predicted molar refractivity (Wildman–Crippen MR) is 57.6 cm³/mol. The van der Waals surface area contributed by atoms with E-state index in [0.29, 0.717) is 12.3 Å². The van der Waals surface area contributed by atoms with Crippen LogP contribution in [0, 0.1) is 5.41 Å². The van der Waals surface area contributed by atoms with Crippen LogP contribution in [0.1, 0.15) is 6.92 Å². The first-order valence-corrected chi connectivity index (χ1v) is 3.84. The summed E-state index contributed by atoms with van der Waals surface area (Å²) in [6.07, 6.45) is 0.